The SMILES string of the molecule is Cc1nc2c(N3CCCCC3)c(-c3ccccc3)[nH]n2c(=O)c1C1CC1. The molecule has 1 saturated carbocycles. The topological polar surface area (TPSA) is 53.4 Å². The number of aryl methyl sites for hydroxylation is 1. The van der Waals surface area contributed by atoms with Crippen molar-refractivity contribution in [2.45, 2.75) is 44.9 Å². The smallest absolute Gasteiger partial charge is 0.276 e. The van der Waals surface area contributed by atoms with Gasteiger partial charge in [-0.1, -0.05) is 30.3 Å². The average molecular weight is 348 g/mol. The van der Waals surface area contributed by atoms with Gasteiger partial charge in [-0.15, -0.1) is 0 Å². The Hall–Kier alpha value is -2.56. The maximum atomic E-state index is 13.2. The van der Waals surface area contributed by atoms with Crippen molar-refractivity contribution >= 4 is 11.3 Å². The largest absolute Gasteiger partial charge is 0.367 e. The van der Waals surface area contributed by atoms with Crippen molar-refractivity contribution in [2.75, 3.05) is 18.0 Å². The Bertz CT molecular complexity index is 1010. The van der Waals surface area contributed by atoms with Gasteiger partial charge < -0.3 is 4.90 Å². The molecule has 0 radical (unpaired) electrons. The van der Waals surface area contributed by atoms with Crippen LogP contribution in [-0.2, 0) is 0 Å². The number of hydrogen-bond acceptors (Lipinski definition) is 3. The first-order valence-electron chi connectivity index (χ1n) is 9.69. The first-order valence-corrected chi connectivity index (χ1v) is 9.69. The predicted molar refractivity (Wildman–Crippen MR) is 104 cm³/mol. The highest BCUT2D eigenvalue weighted by molar-refractivity contribution is 5.86. The molecule has 3 heterocycles. The van der Waals surface area contributed by atoms with E-state index in [1.165, 1.54) is 19.3 Å². The number of nitrogens with zero attached hydrogens (tertiary/aromatic N) is 3. The van der Waals surface area contributed by atoms with E-state index in [0.29, 0.717) is 5.92 Å². The number of aromatic amines is 1. The molecule has 26 heavy (non-hydrogen) atoms. The van der Waals surface area contributed by atoms with Crippen molar-refractivity contribution in [3.63, 3.8) is 0 Å². The third-order valence-electron chi connectivity index (χ3n) is 5.70. The Morgan fingerprint density at radius 1 is 1.08 bits per heavy atom. The van der Waals surface area contributed by atoms with E-state index in [1.54, 1.807) is 4.52 Å². The number of nitrogens with one attached hydrogen (secondary N) is 1. The van der Waals surface area contributed by atoms with Gasteiger partial charge in [0.15, 0.2) is 5.65 Å². The van der Waals surface area contributed by atoms with E-state index in [0.717, 1.165) is 59.8 Å². The van der Waals surface area contributed by atoms with Crippen molar-refractivity contribution in [3.05, 3.63) is 51.9 Å². The van der Waals surface area contributed by atoms with Crippen molar-refractivity contribution in [1.29, 1.82) is 0 Å². The number of hydrogen-bond donors (Lipinski definition) is 1. The molecule has 5 nitrogen and oxygen atoms in total. The van der Waals surface area contributed by atoms with Crippen LogP contribution in [0.3, 0.4) is 0 Å². The molecule has 0 atom stereocenters. The molecule has 0 spiro atoms. The molecule has 1 saturated heterocycles. The number of anilines is 1. The van der Waals surface area contributed by atoms with Gasteiger partial charge in [0.1, 0.15) is 5.69 Å². The maximum absolute atomic E-state index is 13.2. The van der Waals surface area contributed by atoms with Crippen molar-refractivity contribution < 1.29 is 0 Å². The first-order chi connectivity index (χ1) is 12.7. The summed E-state index contributed by atoms with van der Waals surface area (Å²) in [5, 5.41) is 3.40. The molecular formula is C21H24N4O. The number of aromatic nitrogens is 3. The lowest BCUT2D eigenvalue weighted by atomic mass is 10.1. The second-order valence-electron chi connectivity index (χ2n) is 7.60. The van der Waals surface area contributed by atoms with Crippen LogP contribution in [0.25, 0.3) is 16.9 Å². The van der Waals surface area contributed by atoms with Crippen molar-refractivity contribution in [1.82, 2.24) is 14.6 Å². The van der Waals surface area contributed by atoms with Gasteiger partial charge in [-0.05, 0) is 44.9 Å². The number of rotatable bonds is 3. The molecule has 5 heteroatoms. The van der Waals surface area contributed by atoms with Gasteiger partial charge in [0.05, 0.1) is 5.69 Å². The lowest BCUT2D eigenvalue weighted by molar-refractivity contribution is 0.579. The first kappa shape index (κ1) is 15.7. The van der Waals surface area contributed by atoms with Gasteiger partial charge in [0.2, 0.25) is 0 Å². The lowest BCUT2D eigenvalue weighted by Crippen LogP contribution is -2.30. The molecule has 2 fully saturated rings. The standard InChI is InChI=1S/C21H24N4O/c1-14-17(15-10-11-15)21(26)25-20(22-14)19(24-12-6-3-7-13-24)18(23-25)16-8-4-2-5-9-16/h2,4-5,8-9,15,23H,3,6-7,10-13H2,1H3. The third-order valence-corrected chi connectivity index (χ3v) is 5.70. The van der Waals surface area contributed by atoms with Gasteiger partial charge >= 0.3 is 0 Å². The Balaban J connectivity index is 1.79. The fourth-order valence-electron chi connectivity index (χ4n) is 4.24. The van der Waals surface area contributed by atoms with E-state index >= 15 is 0 Å². The summed E-state index contributed by atoms with van der Waals surface area (Å²) in [5.74, 6) is 0.397. The van der Waals surface area contributed by atoms with E-state index in [9.17, 15) is 4.79 Å². The zero-order valence-electron chi connectivity index (χ0n) is 15.2. The van der Waals surface area contributed by atoms with Crippen LogP contribution >= 0.6 is 0 Å². The molecule has 3 aromatic rings. The highest BCUT2D eigenvalue weighted by Gasteiger charge is 2.31. The monoisotopic (exact) mass is 348 g/mol. The van der Waals surface area contributed by atoms with E-state index in [4.69, 9.17) is 4.98 Å². The fourth-order valence-corrected chi connectivity index (χ4v) is 4.24. The molecule has 0 unspecified atom stereocenters. The molecule has 2 aromatic heterocycles. The van der Waals surface area contributed by atoms with Crippen LogP contribution in [-0.4, -0.2) is 27.7 Å². The molecule has 1 aromatic carbocycles. The zero-order chi connectivity index (χ0) is 17.7. The van der Waals surface area contributed by atoms with Crippen LogP contribution in [0.1, 0.15) is 49.3 Å². The molecule has 1 aliphatic carbocycles. The summed E-state index contributed by atoms with van der Waals surface area (Å²) in [7, 11) is 0. The summed E-state index contributed by atoms with van der Waals surface area (Å²) in [6, 6.07) is 10.3. The summed E-state index contributed by atoms with van der Waals surface area (Å²) < 4.78 is 1.69. The Labute approximate surface area is 152 Å². The quantitative estimate of drug-likeness (QED) is 0.782. The summed E-state index contributed by atoms with van der Waals surface area (Å²) in [6.07, 6.45) is 5.87. The number of H-pyrrole nitrogens is 1. The fraction of sp³-hybridized carbons (Fsp3) is 0.429. The van der Waals surface area contributed by atoms with E-state index in [-0.39, 0.29) is 5.56 Å². The number of benzene rings is 1. The van der Waals surface area contributed by atoms with Gasteiger partial charge in [-0.25, -0.2) is 4.98 Å². The summed E-state index contributed by atoms with van der Waals surface area (Å²) in [6.45, 7) is 4.03. The Kier molecular flexibility index (Phi) is 3.62. The van der Waals surface area contributed by atoms with Crippen LogP contribution in [0, 0.1) is 6.92 Å². The minimum Gasteiger partial charge on any atom is -0.367 e. The van der Waals surface area contributed by atoms with Crippen LogP contribution in [0.15, 0.2) is 35.1 Å². The molecule has 2 aliphatic rings. The zero-order valence-corrected chi connectivity index (χ0v) is 15.2. The molecule has 1 aliphatic heterocycles. The van der Waals surface area contributed by atoms with E-state index in [1.807, 2.05) is 25.1 Å². The van der Waals surface area contributed by atoms with E-state index in [2.05, 4.69) is 22.1 Å². The summed E-state index contributed by atoms with van der Waals surface area (Å²) >= 11 is 0. The van der Waals surface area contributed by atoms with Crippen LogP contribution in [0.5, 0.6) is 0 Å². The van der Waals surface area contributed by atoms with Gasteiger partial charge in [0.25, 0.3) is 5.56 Å². The van der Waals surface area contributed by atoms with Gasteiger partial charge in [-0.3, -0.25) is 9.89 Å². The number of piperidine rings is 1. The lowest BCUT2D eigenvalue weighted by Gasteiger charge is -2.28. The highest BCUT2D eigenvalue weighted by atomic mass is 16.1. The van der Waals surface area contributed by atoms with Gasteiger partial charge in [0, 0.05) is 29.9 Å². The summed E-state index contributed by atoms with van der Waals surface area (Å²) in [4.78, 5) is 20.5. The van der Waals surface area contributed by atoms with E-state index < -0.39 is 0 Å². The van der Waals surface area contributed by atoms with Crippen molar-refractivity contribution in [3.8, 4) is 11.3 Å². The molecule has 134 valence electrons. The Morgan fingerprint density at radius 2 is 1.81 bits per heavy atom. The molecule has 0 amide bonds. The summed E-state index contributed by atoms with van der Waals surface area (Å²) in [5.41, 5.74) is 5.84. The second-order valence-corrected chi connectivity index (χ2v) is 7.60. The number of fused-ring (bicyclic) bond motifs is 1. The molecule has 1 N–H and O–H groups in total. The molecular weight excluding hydrogens is 324 g/mol. The second kappa shape index (κ2) is 6.01. The minimum atomic E-state index is 0.0791. The molecule has 5 rings (SSSR count). The minimum absolute atomic E-state index is 0.0791. The van der Waals surface area contributed by atoms with Crippen LogP contribution < -0.4 is 10.5 Å². The molecule has 0 bridgehead atoms. The van der Waals surface area contributed by atoms with Crippen LogP contribution in [0.4, 0.5) is 5.69 Å². The normalized spacial score (nSPS) is 17.8. The van der Waals surface area contributed by atoms with Crippen LogP contribution in [0.2, 0.25) is 0 Å². The van der Waals surface area contributed by atoms with Crippen molar-refractivity contribution in [2.24, 2.45) is 0 Å². The van der Waals surface area contributed by atoms with Gasteiger partial charge in [-0.2, -0.15) is 4.52 Å². The predicted octanol–water partition coefficient (Wildman–Crippen LogP) is 3.87. The average Bonchev–Trinajstić information content (AvgIpc) is 3.43. The highest BCUT2D eigenvalue weighted by Crippen LogP contribution is 2.40. The Morgan fingerprint density at radius 3 is 2.50 bits per heavy atom. The maximum Gasteiger partial charge on any atom is 0.276 e. The third kappa shape index (κ3) is 2.45.